The van der Waals surface area contributed by atoms with Gasteiger partial charge in [-0.05, 0) is 48.7 Å². The second kappa shape index (κ2) is 11.8. The van der Waals surface area contributed by atoms with Gasteiger partial charge in [-0.3, -0.25) is 9.52 Å². The Kier molecular flexibility index (Phi) is 8.88. The number of sulfonamides is 1. The van der Waals surface area contributed by atoms with Crippen LogP contribution in [-0.2, 0) is 21.2 Å². The van der Waals surface area contributed by atoms with Crippen molar-refractivity contribution in [3.8, 4) is 0 Å². The van der Waals surface area contributed by atoms with E-state index in [-0.39, 0.29) is 21.5 Å². The average molecular weight is 487 g/mol. The van der Waals surface area contributed by atoms with E-state index < -0.39 is 10.0 Å². The first-order valence-electron chi connectivity index (χ1n) is 10.6. The maximum atomic E-state index is 13.2. The molecule has 0 spiro atoms. The number of amides is 1. The molecule has 0 aliphatic rings. The van der Waals surface area contributed by atoms with Crippen molar-refractivity contribution in [3.63, 3.8) is 0 Å². The smallest absolute Gasteiger partial charge is 0.261 e. The first-order chi connectivity index (χ1) is 15.9. The van der Waals surface area contributed by atoms with E-state index in [2.05, 4.69) is 16.9 Å². The van der Waals surface area contributed by atoms with Crippen molar-refractivity contribution in [1.82, 2.24) is 4.90 Å². The van der Waals surface area contributed by atoms with Gasteiger partial charge in [-0.2, -0.15) is 0 Å². The van der Waals surface area contributed by atoms with Crippen LogP contribution in [0.2, 0.25) is 5.02 Å². The highest BCUT2D eigenvalue weighted by Gasteiger charge is 2.20. The largest absolute Gasteiger partial charge is 0.383 e. The molecule has 0 saturated carbocycles. The number of rotatable bonds is 11. The molecule has 0 atom stereocenters. The van der Waals surface area contributed by atoms with Crippen molar-refractivity contribution in [1.29, 1.82) is 0 Å². The van der Waals surface area contributed by atoms with E-state index in [9.17, 15) is 13.2 Å². The van der Waals surface area contributed by atoms with E-state index in [1.807, 2.05) is 18.2 Å². The van der Waals surface area contributed by atoms with Crippen LogP contribution in [0.25, 0.3) is 0 Å². The van der Waals surface area contributed by atoms with E-state index >= 15 is 0 Å². The summed E-state index contributed by atoms with van der Waals surface area (Å²) < 4.78 is 33.4. The topological polar surface area (TPSA) is 75.7 Å². The van der Waals surface area contributed by atoms with Gasteiger partial charge in [0.15, 0.2) is 0 Å². The lowest BCUT2D eigenvalue weighted by atomic mass is 10.1. The summed E-state index contributed by atoms with van der Waals surface area (Å²) in [5.74, 6) is -0.241. The highest BCUT2D eigenvalue weighted by molar-refractivity contribution is 7.92. The number of carbonyl (C=O) groups excluding carboxylic acids is 1. The molecular weight excluding hydrogens is 460 g/mol. The van der Waals surface area contributed by atoms with Gasteiger partial charge in [0.05, 0.1) is 22.2 Å². The summed E-state index contributed by atoms with van der Waals surface area (Å²) in [4.78, 5) is 14.9. The van der Waals surface area contributed by atoms with E-state index in [0.29, 0.717) is 25.3 Å². The second-order valence-corrected chi connectivity index (χ2v) is 9.58. The molecule has 174 valence electrons. The SMILES string of the molecule is COCCN(CCCc1ccccc1)C(=O)c1cccc(S(=O)(=O)Nc2ccccc2Cl)c1. The van der Waals surface area contributed by atoms with E-state index in [0.717, 1.165) is 12.8 Å². The number of carbonyl (C=O) groups is 1. The summed E-state index contributed by atoms with van der Waals surface area (Å²) in [7, 11) is -2.33. The Hall–Kier alpha value is -2.87. The number of nitrogens with one attached hydrogen (secondary N) is 1. The summed E-state index contributed by atoms with van der Waals surface area (Å²) in [5, 5.41) is 0.289. The van der Waals surface area contributed by atoms with Gasteiger partial charge in [-0.15, -0.1) is 0 Å². The Bertz CT molecular complexity index is 1170. The van der Waals surface area contributed by atoms with Gasteiger partial charge in [-0.25, -0.2) is 8.42 Å². The van der Waals surface area contributed by atoms with Crippen molar-refractivity contribution < 1.29 is 17.9 Å². The lowest BCUT2D eigenvalue weighted by Crippen LogP contribution is -2.35. The molecule has 1 amide bonds. The second-order valence-electron chi connectivity index (χ2n) is 7.49. The third kappa shape index (κ3) is 7.05. The quantitative estimate of drug-likeness (QED) is 0.420. The van der Waals surface area contributed by atoms with Gasteiger partial charge < -0.3 is 9.64 Å². The fourth-order valence-electron chi connectivity index (χ4n) is 3.36. The fraction of sp³-hybridized carbons (Fsp3) is 0.240. The summed E-state index contributed by atoms with van der Waals surface area (Å²) in [6, 6.07) is 22.7. The van der Waals surface area contributed by atoms with Crippen LogP contribution >= 0.6 is 11.6 Å². The number of benzene rings is 3. The standard InChI is InChI=1S/C25H27ClN2O4S/c1-32-18-17-28(16-8-11-20-9-3-2-4-10-20)25(29)21-12-7-13-22(19-21)33(30,31)27-24-15-6-5-14-23(24)26/h2-7,9-10,12-15,19,27H,8,11,16-18H2,1H3. The van der Waals surface area contributed by atoms with Gasteiger partial charge in [0.25, 0.3) is 15.9 Å². The summed E-state index contributed by atoms with van der Waals surface area (Å²) in [6.07, 6.45) is 1.62. The van der Waals surface area contributed by atoms with Gasteiger partial charge in [-0.1, -0.05) is 60.1 Å². The molecule has 33 heavy (non-hydrogen) atoms. The molecule has 0 bridgehead atoms. The normalized spacial score (nSPS) is 11.2. The Morgan fingerprint density at radius 2 is 1.70 bits per heavy atom. The number of halogens is 1. The lowest BCUT2D eigenvalue weighted by molar-refractivity contribution is 0.0693. The molecule has 3 rings (SSSR count). The van der Waals surface area contributed by atoms with Crippen molar-refractivity contribution in [2.75, 3.05) is 31.5 Å². The van der Waals surface area contributed by atoms with E-state index in [1.54, 1.807) is 48.4 Å². The Balaban J connectivity index is 1.74. The monoisotopic (exact) mass is 486 g/mol. The number of nitrogens with zero attached hydrogens (tertiary/aromatic N) is 1. The minimum Gasteiger partial charge on any atom is -0.383 e. The number of para-hydroxylation sites is 1. The molecule has 0 aliphatic carbocycles. The molecule has 0 fully saturated rings. The number of hydrogen-bond donors (Lipinski definition) is 1. The van der Waals surface area contributed by atoms with Crippen LogP contribution in [0.15, 0.2) is 83.8 Å². The van der Waals surface area contributed by atoms with Gasteiger partial charge in [0.2, 0.25) is 0 Å². The number of methoxy groups -OCH3 is 1. The number of hydrogen-bond acceptors (Lipinski definition) is 4. The maximum absolute atomic E-state index is 13.2. The van der Waals surface area contributed by atoms with Crippen LogP contribution in [0, 0.1) is 0 Å². The summed E-state index contributed by atoms with van der Waals surface area (Å²) in [6.45, 7) is 1.34. The Labute approximate surface area is 200 Å². The molecule has 0 heterocycles. The minimum absolute atomic E-state index is 0.00996. The Morgan fingerprint density at radius 3 is 2.42 bits per heavy atom. The van der Waals surface area contributed by atoms with Gasteiger partial charge in [0, 0.05) is 25.8 Å². The van der Waals surface area contributed by atoms with Gasteiger partial charge >= 0.3 is 0 Å². The molecule has 1 N–H and O–H groups in total. The zero-order chi connectivity index (χ0) is 23.7. The molecule has 3 aromatic rings. The number of aryl methyl sites for hydroxylation is 1. The van der Waals surface area contributed by atoms with Crippen LogP contribution in [0.4, 0.5) is 5.69 Å². The minimum atomic E-state index is -3.92. The van der Waals surface area contributed by atoms with Crippen molar-refractivity contribution in [2.45, 2.75) is 17.7 Å². The third-order valence-electron chi connectivity index (χ3n) is 5.10. The summed E-state index contributed by atoms with van der Waals surface area (Å²) in [5.41, 5.74) is 1.78. The molecule has 0 aliphatic heterocycles. The predicted molar refractivity (Wildman–Crippen MR) is 131 cm³/mol. The molecule has 0 saturated heterocycles. The van der Waals surface area contributed by atoms with Gasteiger partial charge in [0.1, 0.15) is 0 Å². The van der Waals surface area contributed by atoms with Crippen molar-refractivity contribution >= 4 is 33.2 Å². The third-order valence-corrected chi connectivity index (χ3v) is 6.79. The number of anilines is 1. The predicted octanol–water partition coefficient (Wildman–Crippen LogP) is 4.86. The highest BCUT2D eigenvalue weighted by atomic mass is 35.5. The first kappa shape index (κ1) is 24.8. The molecule has 0 radical (unpaired) electrons. The van der Waals surface area contributed by atoms with Crippen molar-refractivity contribution in [2.24, 2.45) is 0 Å². The molecule has 0 unspecified atom stereocenters. The first-order valence-corrected chi connectivity index (χ1v) is 12.5. The molecule has 8 heteroatoms. The zero-order valence-electron chi connectivity index (χ0n) is 18.4. The maximum Gasteiger partial charge on any atom is 0.261 e. The fourth-order valence-corrected chi connectivity index (χ4v) is 4.73. The Morgan fingerprint density at radius 1 is 0.970 bits per heavy atom. The highest BCUT2D eigenvalue weighted by Crippen LogP contribution is 2.24. The van der Waals surface area contributed by atoms with Crippen LogP contribution in [0.1, 0.15) is 22.3 Å². The lowest BCUT2D eigenvalue weighted by Gasteiger charge is -2.23. The molecular formula is C25H27ClN2O4S. The average Bonchev–Trinajstić information content (AvgIpc) is 2.83. The molecule has 0 aromatic heterocycles. The molecule has 6 nitrogen and oxygen atoms in total. The number of ether oxygens (including phenoxy) is 1. The van der Waals surface area contributed by atoms with Crippen LogP contribution in [0.5, 0.6) is 0 Å². The molecule has 3 aromatic carbocycles. The van der Waals surface area contributed by atoms with E-state index in [4.69, 9.17) is 16.3 Å². The van der Waals surface area contributed by atoms with Crippen LogP contribution in [0.3, 0.4) is 0 Å². The zero-order valence-corrected chi connectivity index (χ0v) is 20.0. The van der Waals surface area contributed by atoms with E-state index in [1.165, 1.54) is 17.7 Å². The van der Waals surface area contributed by atoms with Crippen molar-refractivity contribution in [3.05, 3.63) is 95.0 Å². The van der Waals surface area contributed by atoms with Crippen LogP contribution in [-0.4, -0.2) is 46.0 Å². The summed E-state index contributed by atoms with van der Waals surface area (Å²) >= 11 is 6.08. The van der Waals surface area contributed by atoms with Crippen LogP contribution < -0.4 is 4.72 Å².